The van der Waals surface area contributed by atoms with Gasteiger partial charge >= 0.3 is 8.80 Å². The number of epoxide rings is 1. The molecule has 0 radical (unpaired) electrons. The van der Waals surface area contributed by atoms with Crippen LogP contribution >= 0.6 is 0 Å². The fraction of sp³-hybridized carbons (Fsp3) is 1.00. The smallest absolute Gasteiger partial charge is 0.377 e. The molecule has 2 aliphatic rings. The lowest BCUT2D eigenvalue weighted by molar-refractivity contribution is -0.212. The molecule has 5 nitrogen and oxygen atoms in total. The van der Waals surface area contributed by atoms with Crippen LogP contribution in [0.25, 0.3) is 0 Å². The molecular weight excluding hydrogens is 228 g/mol. The zero-order valence-electron chi connectivity index (χ0n) is 10.2. The highest BCUT2D eigenvalue weighted by atomic mass is 28.4. The minimum absolute atomic E-state index is 0.276. The summed E-state index contributed by atoms with van der Waals surface area (Å²) in [5, 5.41) is 0. The van der Waals surface area contributed by atoms with Crippen molar-refractivity contribution in [2.75, 3.05) is 27.9 Å². The van der Waals surface area contributed by atoms with Crippen molar-refractivity contribution in [2.24, 2.45) is 0 Å². The minimum Gasteiger partial charge on any atom is -0.377 e. The summed E-state index contributed by atoms with van der Waals surface area (Å²) in [6.07, 6.45) is 2.93. The monoisotopic (exact) mass is 248 g/mol. The van der Waals surface area contributed by atoms with E-state index in [9.17, 15) is 0 Å². The van der Waals surface area contributed by atoms with Crippen LogP contribution in [0.4, 0.5) is 0 Å². The normalized spacial score (nSPS) is 37.3. The number of ether oxygens (including phenoxy) is 2. The van der Waals surface area contributed by atoms with Gasteiger partial charge in [-0.25, -0.2) is 0 Å². The molecule has 16 heavy (non-hydrogen) atoms. The van der Waals surface area contributed by atoms with E-state index in [0.717, 1.165) is 31.9 Å². The van der Waals surface area contributed by atoms with Gasteiger partial charge in [0.25, 0.3) is 0 Å². The van der Waals surface area contributed by atoms with E-state index in [1.54, 1.807) is 21.3 Å². The van der Waals surface area contributed by atoms with Crippen molar-refractivity contribution >= 4 is 8.80 Å². The van der Waals surface area contributed by atoms with Gasteiger partial charge in [-0.1, -0.05) is 0 Å². The van der Waals surface area contributed by atoms with Crippen molar-refractivity contribution in [1.29, 1.82) is 0 Å². The summed E-state index contributed by atoms with van der Waals surface area (Å²) < 4.78 is 27.8. The first-order valence-corrected chi connectivity index (χ1v) is 7.58. The largest absolute Gasteiger partial charge is 0.502 e. The third-order valence-corrected chi connectivity index (χ3v) is 6.21. The van der Waals surface area contributed by atoms with E-state index in [1.165, 1.54) is 0 Å². The van der Waals surface area contributed by atoms with Gasteiger partial charge < -0.3 is 22.8 Å². The summed E-state index contributed by atoms with van der Waals surface area (Å²) in [5.74, 6) is -0.572. The summed E-state index contributed by atoms with van der Waals surface area (Å²) >= 11 is 0. The molecule has 6 heteroatoms. The van der Waals surface area contributed by atoms with Crippen molar-refractivity contribution in [3.63, 3.8) is 0 Å². The number of rotatable bonds is 5. The average Bonchev–Trinajstić information content (AvgIpc) is 3.13. The van der Waals surface area contributed by atoms with Crippen molar-refractivity contribution in [3.05, 3.63) is 0 Å². The Morgan fingerprint density at radius 1 is 1.31 bits per heavy atom. The molecule has 2 unspecified atom stereocenters. The first kappa shape index (κ1) is 12.5. The van der Waals surface area contributed by atoms with Gasteiger partial charge in [-0.05, 0) is 6.42 Å². The summed E-state index contributed by atoms with van der Waals surface area (Å²) in [7, 11) is 2.47. The fourth-order valence-electron chi connectivity index (χ4n) is 2.23. The topological polar surface area (TPSA) is 49.5 Å². The molecule has 0 aromatic rings. The predicted octanol–water partition coefficient (Wildman–Crippen LogP) is 1.16. The van der Waals surface area contributed by atoms with Crippen molar-refractivity contribution in [2.45, 2.75) is 37.2 Å². The Bertz CT molecular complexity index is 241. The molecule has 0 aromatic carbocycles. The Hall–Kier alpha value is 0.0169. The Kier molecular flexibility index (Phi) is 3.68. The lowest BCUT2D eigenvalue weighted by Gasteiger charge is -2.43. The molecule has 0 amide bonds. The standard InChI is InChI=1S/C10H20O5Si/c1-11-10(7-9-8-14-9)5-4-6-16(12-2,13-3)15-10/h9H,4-8H2,1-3H3. The van der Waals surface area contributed by atoms with E-state index in [1.807, 2.05) is 0 Å². The molecule has 0 N–H and O–H groups in total. The molecule has 94 valence electrons. The molecule has 0 saturated carbocycles. The minimum atomic E-state index is -2.51. The zero-order valence-corrected chi connectivity index (χ0v) is 11.2. The second-order valence-corrected chi connectivity index (χ2v) is 7.21. The molecule has 2 aliphatic heterocycles. The van der Waals surface area contributed by atoms with Crippen LogP contribution in [0.5, 0.6) is 0 Å². The van der Waals surface area contributed by atoms with Crippen LogP contribution in [0.1, 0.15) is 19.3 Å². The van der Waals surface area contributed by atoms with Crippen LogP contribution in [0.2, 0.25) is 6.04 Å². The van der Waals surface area contributed by atoms with Gasteiger partial charge in [-0.15, -0.1) is 0 Å². The maximum absolute atomic E-state index is 6.05. The summed E-state index contributed by atoms with van der Waals surface area (Å²) in [4.78, 5) is 0. The van der Waals surface area contributed by atoms with E-state index >= 15 is 0 Å². The zero-order chi connectivity index (χ0) is 11.6. The summed E-state index contributed by atoms with van der Waals surface area (Å²) in [6.45, 7) is 0.809. The van der Waals surface area contributed by atoms with Crippen molar-refractivity contribution in [3.8, 4) is 0 Å². The Balaban J connectivity index is 2.06. The van der Waals surface area contributed by atoms with Crippen LogP contribution in [0.3, 0.4) is 0 Å². The predicted molar refractivity (Wildman–Crippen MR) is 59.0 cm³/mol. The van der Waals surface area contributed by atoms with Crippen LogP contribution < -0.4 is 0 Å². The van der Waals surface area contributed by atoms with Gasteiger partial charge in [0.1, 0.15) is 0 Å². The van der Waals surface area contributed by atoms with Crippen molar-refractivity contribution < 1.29 is 22.8 Å². The molecule has 2 heterocycles. The number of methoxy groups -OCH3 is 1. The molecule has 2 saturated heterocycles. The van der Waals surface area contributed by atoms with E-state index in [2.05, 4.69) is 0 Å². The quantitative estimate of drug-likeness (QED) is 0.540. The molecule has 0 spiro atoms. The average molecular weight is 248 g/mol. The van der Waals surface area contributed by atoms with E-state index in [-0.39, 0.29) is 6.10 Å². The van der Waals surface area contributed by atoms with Crippen LogP contribution in [-0.2, 0) is 22.8 Å². The van der Waals surface area contributed by atoms with E-state index < -0.39 is 14.6 Å². The van der Waals surface area contributed by atoms with Gasteiger partial charge in [-0.3, -0.25) is 0 Å². The third-order valence-electron chi connectivity index (χ3n) is 3.32. The van der Waals surface area contributed by atoms with Crippen LogP contribution in [0, 0.1) is 0 Å². The molecule has 0 aliphatic carbocycles. The first-order valence-electron chi connectivity index (χ1n) is 5.65. The fourth-order valence-corrected chi connectivity index (χ4v) is 4.52. The van der Waals surface area contributed by atoms with Gasteiger partial charge in [0.2, 0.25) is 0 Å². The summed E-state index contributed by atoms with van der Waals surface area (Å²) in [6, 6.07) is 0.858. The Labute approximate surface area is 97.3 Å². The lowest BCUT2D eigenvalue weighted by atomic mass is 10.1. The van der Waals surface area contributed by atoms with E-state index in [4.69, 9.17) is 22.8 Å². The molecule has 0 aromatic heterocycles. The maximum atomic E-state index is 6.05. The van der Waals surface area contributed by atoms with Crippen molar-refractivity contribution in [1.82, 2.24) is 0 Å². The maximum Gasteiger partial charge on any atom is 0.502 e. The lowest BCUT2D eigenvalue weighted by Crippen LogP contribution is -2.56. The first-order chi connectivity index (χ1) is 7.67. The van der Waals surface area contributed by atoms with Gasteiger partial charge in [0.05, 0.1) is 12.7 Å². The highest BCUT2D eigenvalue weighted by molar-refractivity contribution is 6.60. The second-order valence-electron chi connectivity index (χ2n) is 4.32. The van der Waals surface area contributed by atoms with Gasteiger partial charge in [0.15, 0.2) is 5.79 Å². The number of hydrogen-bond donors (Lipinski definition) is 0. The third kappa shape index (κ3) is 2.47. The van der Waals surface area contributed by atoms with E-state index in [0.29, 0.717) is 0 Å². The Morgan fingerprint density at radius 3 is 2.50 bits per heavy atom. The van der Waals surface area contributed by atoms with Crippen LogP contribution in [-0.4, -0.2) is 48.6 Å². The second kappa shape index (κ2) is 4.71. The number of hydrogen-bond acceptors (Lipinski definition) is 5. The van der Waals surface area contributed by atoms with Gasteiger partial charge in [0, 0.05) is 40.2 Å². The van der Waals surface area contributed by atoms with Crippen LogP contribution in [0.15, 0.2) is 0 Å². The molecule has 2 fully saturated rings. The summed E-state index contributed by atoms with van der Waals surface area (Å²) in [5.41, 5.74) is 0. The van der Waals surface area contributed by atoms with Gasteiger partial charge in [-0.2, -0.15) is 0 Å². The molecule has 2 atom stereocenters. The Morgan fingerprint density at radius 2 is 2.00 bits per heavy atom. The molecular formula is C10H20O5Si. The highest BCUT2D eigenvalue weighted by Gasteiger charge is 2.53. The molecule has 0 bridgehead atoms. The SMILES string of the molecule is COC1(CC2CO2)CCC[Si](OC)(OC)O1. The molecule has 2 rings (SSSR count). The highest BCUT2D eigenvalue weighted by Crippen LogP contribution is 2.39.